The van der Waals surface area contributed by atoms with Crippen LogP contribution in [0.25, 0.3) is 10.8 Å². The average molecular weight is 216 g/mol. The maximum absolute atomic E-state index is 11.0. The summed E-state index contributed by atoms with van der Waals surface area (Å²) in [6, 6.07) is 7.67. The molecule has 2 aromatic rings. The number of rotatable bonds is 2. The van der Waals surface area contributed by atoms with Crippen molar-refractivity contribution in [3.63, 3.8) is 0 Å². The number of carbonyl (C=O) groups is 1. The number of benzene rings is 1. The van der Waals surface area contributed by atoms with Crippen molar-refractivity contribution in [1.82, 2.24) is 0 Å². The summed E-state index contributed by atoms with van der Waals surface area (Å²) in [7, 11) is 0. The lowest BCUT2D eigenvalue weighted by Gasteiger charge is -2.04. The van der Waals surface area contributed by atoms with Crippen molar-refractivity contribution in [2.45, 2.75) is 20.4 Å². The fourth-order valence-electron chi connectivity index (χ4n) is 1.68. The lowest BCUT2D eigenvalue weighted by molar-refractivity contribution is -0.692. The number of hydrogen-bond acceptors (Lipinski definition) is 2. The zero-order chi connectivity index (χ0) is 11.5. The highest BCUT2D eigenvalue weighted by atomic mass is 16.5. The number of carbonyl (C=O) groups excluding carboxylic acids is 1. The fraction of sp³-hybridized carbons (Fsp3) is 0.231. The maximum Gasteiger partial charge on any atom is 0.308 e. The smallest absolute Gasteiger partial charge is 0.308 e. The molecule has 1 aromatic carbocycles. The molecular formula is C13H14NO2+. The molecule has 1 aromatic heterocycles. The molecule has 0 fully saturated rings. The number of ether oxygens (including phenoxy) is 1. The van der Waals surface area contributed by atoms with E-state index in [0.29, 0.717) is 5.75 Å². The van der Waals surface area contributed by atoms with Gasteiger partial charge in [-0.3, -0.25) is 4.79 Å². The molecular weight excluding hydrogens is 202 g/mol. The van der Waals surface area contributed by atoms with Crippen LogP contribution >= 0.6 is 0 Å². The van der Waals surface area contributed by atoms with Crippen molar-refractivity contribution < 1.29 is 14.1 Å². The number of esters is 1. The van der Waals surface area contributed by atoms with Gasteiger partial charge in [0.25, 0.3) is 0 Å². The quantitative estimate of drug-likeness (QED) is 0.437. The summed E-state index contributed by atoms with van der Waals surface area (Å²) in [5.74, 6) is 0.327. The van der Waals surface area contributed by atoms with Gasteiger partial charge in [-0.15, -0.1) is 0 Å². The minimum absolute atomic E-state index is 0.292. The SMILES string of the molecule is CC[n+]1ccc2c(OC(C)=O)cccc2c1. The zero-order valence-electron chi connectivity index (χ0n) is 9.43. The van der Waals surface area contributed by atoms with Crippen molar-refractivity contribution in [1.29, 1.82) is 0 Å². The van der Waals surface area contributed by atoms with Gasteiger partial charge in [0.2, 0.25) is 0 Å². The standard InChI is InChI=1S/C13H14NO2/c1-3-14-8-7-12-11(9-14)5-4-6-13(12)16-10(2)15/h4-9H,3H2,1-2H3/q+1. The zero-order valence-corrected chi connectivity index (χ0v) is 9.43. The van der Waals surface area contributed by atoms with E-state index >= 15 is 0 Å². The molecule has 0 spiro atoms. The van der Waals surface area contributed by atoms with E-state index < -0.39 is 0 Å². The van der Waals surface area contributed by atoms with Crippen LogP contribution in [0.5, 0.6) is 5.75 Å². The van der Waals surface area contributed by atoms with Crippen LogP contribution in [0.3, 0.4) is 0 Å². The van der Waals surface area contributed by atoms with E-state index in [1.165, 1.54) is 6.92 Å². The van der Waals surface area contributed by atoms with E-state index in [4.69, 9.17) is 4.74 Å². The highest BCUT2D eigenvalue weighted by Crippen LogP contribution is 2.24. The number of fused-ring (bicyclic) bond motifs is 1. The Hall–Kier alpha value is -1.90. The normalized spacial score (nSPS) is 10.4. The second-order valence-corrected chi connectivity index (χ2v) is 3.63. The molecule has 0 amide bonds. The summed E-state index contributed by atoms with van der Waals surface area (Å²) < 4.78 is 7.24. The monoisotopic (exact) mass is 216 g/mol. The van der Waals surface area contributed by atoms with Crippen LogP contribution in [0.15, 0.2) is 36.7 Å². The van der Waals surface area contributed by atoms with Crippen LogP contribution in [-0.2, 0) is 11.3 Å². The van der Waals surface area contributed by atoms with Crippen LogP contribution in [0, 0.1) is 0 Å². The Balaban J connectivity index is 2.55. The van der Waals surface area contributed by atoms with Crippen molar-refractivity contribution in [2.24, 2.45) is 0 Å². The largest absolute Gasteiger partial charge is 0.426 e. The summed E-state index contributed by atoms with van der Waals surface area (Å²) in [6.07, 6.45) is 4.03. The molecule has 0 atom stereocenters. The Morgan fingerprint density at radius 1 is 1.38 bits per heavy atom. The third-order valence-corrected chi connectivity index (χ3v) is 2.46. The molecule has 0 aliphatic heterocycles. The molecule has 0 saturated heterocycles. The molecule has 82 valence electrons. The van der Waals surface area contributed by atoms with Crippen LogP contribution in [0.4, 0.5) is 0 Å². The summed E-state index contributed by atoms with van der Waals surface area (Å²) in [6.45, 7) is 4.42. The molecule has 0 saturated carbocycles. The molecule has 2 rings (SSSR count). The van der Waals surface area contributed by atoms with Gasteiger partial charge in [0.1, 0.15) is 12.3 Å². The van der Waals surface area contributed by atoms with Crippen molar-refractivity contribution in [3.8, 4) is 5.75 Å². The van der Waals surface area contributed by atoms with Gasteiger partial charge >= 0.3 is 5.97 Å². The number of nitrogens with zero attached hydrogens (tertiary/aromatic N) is 1. The number of hydrogen-bond donors (Lipinski definition) is 0. The van der Waals surface area contributed by atoms with Gasteiger partial charge in [-0.25, -0.2) is 4.57 Å². The molecule has 1 heterocycles. The molecule has 0 radical (unpaired) electrons. The Morgan fingerprint density at radius 3 is 2.88 bits per heavy atom. The van der Waals surface area contributed by atoms with Crippen LogP contribution in [0.2, 0.25) is 0 Å². The van der Waals surface area contributed by atoms with Gasteiger partial charge in [-0.05, 0) is 19.1 Å². The third kappa shape index (κ3) is 2.03. The highest BCUT2D eigenvalue weighted by Gasteiger charge is 2.07. The van der Waals surface area contributed by atoms with Gasteiger partial charge in [0, 0.05) is 23.8 Å². The van der Waals surface area contributed by atoms with Crippen LogP contribution in [-0.4, -0.2) is 5.97 Å². The molecule has 3 heteroatoms. The summed E-state index contributed by atoms with van der Waals surface area (Å²) in [5.41, 5.74) is 0. The van der Waals surface area contributed by atoms with Crippen molar-refractivity contribution in [2.75, 3.05) is 0 Å². The topological polar surface area (TPSA) is 30.2 Å². The number of aryl methyl sites for hydroxylation is 1. The van der Waals surface area contributed by atoms with E-state index in [0.717, 1.165) is 17.3 Å². The minimum Gasteiger partial charge on any atom is -0.426 e. The molecule has 0 unspecified atom stereocenters. The van der Waals surface area contributed by atoms with Gasteiger partial charge in [0.15, 0.2) is 12.4 Å². The van der Waals surface area contributed by atoms with Crippen LogP contribution < -0.4 is 9.30 Å². The maximum atomic E-state index is 11.0. The van der Waals surface area contributed by atoms with E-state index in [1.807, 2.05) is 30.6 Å². The van der Waals surface area contributed by atoms with Gasteiger partial charge in [0.05, 0.1) is 0 Å². The Labute approximate surface area is 94.3 Å². The third-order valence-electron chi connectivity index (χ3n) is 2.46. The Kier molecular flexibility index (Phi) is 2.86. The second kappa shape index (κ2) is 4.31. The molecule has 16 heavy (non-hydrogen) atoms. The Bertz CT molecular complexity index is 534. The fourth-order valence-corrected chi connectivity index (χ4v) is 1.68. The van der Waals surface area contributed by atoms with E-state index in [9.17, 15) is 4.79 Å². The average Bonchev–Trinajstić information content (AvgIpc) is 2.28. The first-order valence-electron chi connectivity index (χ1n) is 5.31. The van der Waals surface area contributed by atoms with E-state index in [1.54, 1.807) is 6.07 Å². The minimum atomic E-state index is -0.292. The van der Waals surface area contributed by atoms with E-state index in [2.05, 4.69) is 11.5 Å². The summed E-state index contributed by atoms with van der Waals surface area (Å²) in [4.78, 5) is 11.0. The molecule has 0 bridgehead atoms. The predicted octanol–water partition coefficient (Wildman–Crippen LogP) is 2.07. The molecule has 0 aliphatic rings. The van der Waals surface area contributed by atoms with Gasteiger partial charge < -0.3 is 4.74 Å². The molecule has 0 aliphatic carbocycles. The lowest BCUT2D eigenvalue weighted by Crippen LogP contribution is -2.30. The van der Waals surface area contributed by atoms with E-state index in [-0.39, 0.29) is 5.97 Å². The first-order chi connectivity index (χ1) is 7.70. The van der Waals surface area contributed by atoms with Crippen molar-refractivity contribution >= 4 is 16.7 Å². The summed E-state index contributed by atoms with van der Waals surface area (Å²) in [5, 5.41) is 2.03. The lowest BCUT2D eigenvalue weighted by atomic mass is 10.1. The van der Waals surface area contributed by atoms with Crippen molar-refractivity contribution in [3.05, 3.63) is 36.7 Å². The first kappa shape index (κ1) is 10.6. The molecule has 0 N–H and O–H groups in total. The number of aromatic nitrogens is 1. The number of pyridine rings is 1. The second-order valence-electron chi connectivity index (χ2n) is 3.63. The predicted molar refractivity (Wildman–Crippen MR) is 61.1 cm³/mol. The highest BCUT2D eigenvalue weighted by molar-refractivity contribution is 5.88. The Morgan fingerprint density at radius 2 is 2.19 bits per heavy atom. The first-order valence-corrected chi connectivity index (χ1v) is 5.31. The van der Waals surface area contributed by atoms with Gasteiger partial charge in [-0.2, -0.15) is 0 Å². The van der Waals surface area contributed by atoms with Gasteiger partial charge in [-0.1, -0.05) is 6.07 Å². The van der Waals surface area contributed by atoms with Crippen LogP contribution in [0.1, 0.15) is 13.8 Å². The summed E-state index contributed by atoms with van der Waals surface area (Å²) >= 11 is 0. The molecule has 3 nitrogen and oxygen atoms in total.